The van der Waals surface area contributed by atoms with Gasteiger partial charge in [0, 0.05) is 12.1 Å². The lowest BCUT2D eigenvalue weighted by molar-refractivity contribution is 0.574. The van der Waals surface area contributed by atoms with Crippen molar-refractivity contribution >= 4 is 20.8 Å². The number of halogens is 1. The molecule has 3 rings (SSSR count). The van der Waals surface area contributed by atoms with Crippen LogP contribution in [0.1, 0.15) is 5.56 Å². The van der Waals surface area contributed by atoms with E-state index < -0.39 is 15.8 Å². The molecule has 0 fully saturated rings. The number of fused-ring (bicyclic) bond motifs is 1. The third-order valence-electron chi connectivity index (χ3n) is 3.44. The van der Waals surface area contributed by atoms with Gasteiger partial charge in [0.05, 0.1) is 4.90 Å². The lowest BCUT2D eigenvalue weighted by atomic mass is 10.1. The molecule has 0 saturated carbocycles. The van der Waals surface area contributed by atoms with E-state index in [4.69, 9.17) is 0 Å². The van der Waals surface area contributed by atoms with Crippen LogP contribution in [0.25, 0.3) is 10.8 Å². The molecule has 0 atom stereocenters. The van der Waals surface area contributed by atoms with Crippen molar-refractivity contribution in [1.82, 2.24) is 4.72 Å². The van der Waals surface area contributed by atoms with E-state index in [0.29, 0.717) is 5.56 Å². The summed E-state index contributed by atoms with van der Waals surface area (Å²) in [6.07, 6.45) is 0. The summed E-state index contributed by atoms with van der Waals surface area (Å²) in [4.78, 5) is 0.169. The minimum Gasteiger partial charge on any atom is -0.207 e. The van der Waals surface area contributed by atoms with Crippen LogP contribution in [-0.2, 0) is 16.6 Å². The van der Waals surface area contributed by atoms with Crippen LogP contribution < -0.4 is 4.72 Å². The number of hydrogen-bond donors (Lipinski definition) is 1. The average Bonchev–Trinajstić information content (AvgIpc) is 2.54. The Balaban J connectivity index is 1.87. The molecule has 1 N–H and O–H groups in total. The molecule has 0 aromatic heterocycles. The predicted molar refractivity (Wildman–Crippen MR) is 84.4 cm³/mol. The second-order valence-electron chi connectivity index (χ2n) is 4.92. The first-order valence-electron chi connectivity index (χ1n) is 6.78. The van der Waals surface area contributed by atoms with Crippen molar-refractivity contribution in [3.8, 4) is 0 Å². The topological polar surface area (TPSA) is 46.2 Å². The first-order valence-corrected chi connectivity index (χ1v) is 8.26. The standard InChI is InChI=1S/C17H14FNO2S/c18-17-8-4-3-7-15(17)12-19-22(20,21)16-10-9-13-5-1-2-6-14(13)11-16/h1-11,19H,12H2. The highest BCUT2D eigenvalue weighted by molar-refractivity contribution is 7.89. The third kappa shape index (κ3) is 3.00. The number of sulfonamides is 1. The van der Waals surface area contributed by atoms with Crippen LogP contribution in [-0.4, -0.2) is 8.42 Å². The number of hydrogen-bond acceptors (Lipinski definition) is 2. The first-order chi connectivity index (χ1) is 10.6. The Hall–Kier alpha value is -2.24. The van der Waals surface area contributed by atoms with Gasteiger partial charge < -0.3 is 0 Å². The summed E-state index contributed by atoms with van der Waals surface area (Å²) in [6.45, 7) is -0.0815. The Morgan fingerprint density at radius 3 is 2.32 bits per heavy atom. The van der Waals surface area contributed by atoms with Gasteiger partial charge in [0.2, 0.25) is 10.0 Å². The molecule has 112 valence electrons. The number of nitrogens with one attached hydrogen (secondary N) is 1. The Kier molecular flexibility index (Phi) is 3.92. The summed E-state index contributed by atoms with van der Waals surface area (Å²) < 4.78 is 40.6. The Bertz CT molecular complexity index is 923. The molecule has 0 amide bonds. The fourth-order valence-corrected chi connectivity index (χ4v) is 3.27. The summed E-state index contributed by atoms with van der Waals surface area (Å²) in [5, 5.41) is 1.81. The second kappa shape index (κ2) is 5.87. The molecule has 3 aromatic carbocycles. The van der Waals surface area contributed by atoms with Gasteiger partial charge in [-0.15, -0.1) is 0 Å². The normalized spacial score (nSPS) is 11.7. The highest BCUT2D eigenvalue weighted by Crippen LogP contribution is 2.19. The summed E-state index contributed by atoms with van der Waals surface area (Å²) in [7, 11) is -3.68. The maximum absolute atomic E-state index is 13.5. The SMILES string of the molecule is O=S(=O)(NCc1ccccc1F)c1ccc2ccccc2c1. The average molecular weight is 315 g/mol. The molecule has 0 heterocycles. The van der Waals surface area contributed by atoms with Gasteiger partial charge in [0.25, 0.3) is 0 Å². The zero-order valence-corrected chi connectivity index (χ0v) is 12.5. The number of benzene rings is 3. The lowest BCUT2D eigenvalue weighted by Crippen LogP contribution is -2.23. The molecule has 0 aliphatic heterocycles. The molecule has 0 saturated heterocycles. The molecule has 0 radical (unpaired) electrons. The lowest BCUT2D eigenvalue weighted by Gasteiger charge is -2.08. The summed E-state index contributed by atoms with van der Waals surface area (Å²) in [5.74, 6) is -0.427. The molecule has 0 spiro atoms. The Labute approximate surface area is 128 Å². The van der Waals surface area contributed by atoms with E-state index in [1.54, 1.807) is 36.4 Å². The summed E-state index contributed by atoms with van der Waals surface area (Å²) in [6, 6.07) is 18.5. The highest BCUT2D eigenvalue weighted by atomic mass is 32.2. The van der Waals surface area contributed by atoms with Crippen molar-refractivity contribution < 1.29 is 12.8 Å². The second-order valence-corrected chi connectivity index (χ2v) is 6.69. The molecule has 0 aliphatic rings. The third-order valence-corrected chi connectivity index (χ3v) is 4.84. The zero-order valence-electron chi connectivity index (χ0n) is 11.7. The van der Waals surface area contributed by atoms with E-state index in [2.05, 4.69) is 4.72 Å². The van der Waals surface area contributed by atoms with Crippen LogP contribution >= 0.6 is 0 Å². The van der Waals surface area contributed by atoms with Crippen LogP contribution in [0.4, 0.5) is 4.39 Å². The van der Waals surface area contributed by atoms with Gasteiger partial charge in [-0.2, -0.15) is 0 Å². The molecule has 0 unspecified atom stereocenters. The van der Waals surface area contributed by atoms with Crippen molar-refractivity contribution in [3.63, 3.8) is 0 Å². The fraction of sp³-hybridized carbons (Fsp3) is 0.0588. The van der Waals surface area contributed by atoms with Crippen molar-refractivity contribution in [2.75, 3.05) is 0 Å². The van der Waals surface area contributed by atoms with Crippen LogP contribution in [0.5, 0.6) is 0 Å². The van der Waals surface area contributed by atoms with Crippen molar-refractivity contribution in [2.45, 2.75) is 11.4 Å². The van der Waals surface area contributed by atoms with Gasteiger partial charge in [-0.05, 0) is 29.0 Å². The van der Waals surface area contributed by atoms with Gasteiger partial charge in [0.1, 0.15) is 5.82 Å². The number of rotatable bonds is 4. The van der Waals surface area contributed by atoms with E-state index >= 15 is 0 Å². The van der Waals surface area contributed by atoms with E-state index in [-0.39, 0.29) is 11.4 Å². The Morgan fingerprint density at radius 1 is 0.864 bits per heavy atom. The maximum Gasteiger partial charge on any atom is 0.240 e. The van der Waals surface area contributed by atoms with E-state index in [0.717, 1.165) is 10.8 Å². The molecule has 5 heteroatoms. The molecule has 3 aromatic rings. The quantitative estimate of drug-likeness (QED) is 0.801. The minimum atomic E-state index is -3.68. The summed E-state index contributed by atoms with van der Waals surface area (Å²) >= 11 is 0. The van der Waals surface area contributed by atoms with Crippen LogP contribution in [0.3, 0.4) is 0 Å². The molecular formula is C17H14FNO2S. The first kappa shape index (κ1) is 14.7. The van der Waals surface area contributed by atoms with Crippen LogP contribution in [0, 0.1) is 5.82 Å². The van der Waals surface area contributed by atoms with Crippen molar-refractivity contribution in [3.05, 3.63) is 78.1 Å². The Morgan fingerprint density at radius 2 is 1.55 bits per heavy atom. The van der Waals surface area contributed by atoms with E-state index in [1.165, 1.54) is 6.07 Å². The fourth-order valence-electron chi connectivity index (χ4n) is 2.23. The molecule has 3 nitrogen and oxygen atoms in total. The van der Waals surface area contributed by atoms with E-state index in [9.17, 15) is 12.8 Å². The monoisotopic (exact) mass is 315 g/mol. The van der Waals surface area contributed by atoms with Crippen LogP contribution in [0.2, 0.25) is 0 Å². The van der Waals surface area contributed by atoms with Gasteiger partial charge in [0.15, 0.2) is 0 Å². The van der Waals surface area contributed by atoms with Crippen molar-refractivity contribution in [1.29, 1.82) is 0 Å². The van der Waals surface area contributed by atoms with Gasteiger partial charge in [-0.25, -0.2) is 17.5 Å². The smallest absolute Gasteiger partial charge is 0.207 e. The molecule has 22 heavy (non-hydrogen) atoms. The van der Waals surface area contributed by atoms with Crippen LogP contribution in [0.15, 0.2) is 71.6 Å². The largest absolute Gasteiger partial charge is 0.240 e. The minimum absolute atomic E-state index is 0.0815. The van der Waals surface area contributed by atoms with Gasteiger partial charge >= 0.3 is 0 Å². The highest BCUT2D eigenvalue weighted by Gasteiger charge is 2.15. The van der Waals surface area contributed by atoms with E-state index in [1.807, 2.05) is 24.3 Å². The van der Waals surface area contributed by atoms with Gasteiger partial charge in [-0.1, -0.05) is 48.5 Å². The molecule has 0 bridgehead atoms. The predicted octanol–water partition coefficient (Wildman–Crippen LogP) is 3.46. The summed E-state index contributed by atoms with van der Waals surface area (Å²) in [5.41, 5.74) is 0.312. The molecular weight excluding hydrogens is 301 g/mol. The van der Waals surface area contributed by atoms with Gasteiger partial charge in [-0.3, -0.25) is 0 Å². The zero-order chi connectivity index (χ0) is 15.6. The maximum atomic E-state index is 13.5. The van der Waals surface area contributed by atoms with Crippen molar-refractivity contribution in [2.24, 2.45) is 0 Å². The molecule has 0 aliphatic carbocycles.